The summed E-state index contributed by atoms with van der Waals surface area (Å²) in [5.74, 6) is 0. The van der Waals surface area contributed by atoms with E-state index in [9.17, 15) is 9.90 Å². The summed E-state index contributed by atoms with van der Waals surface area (Å²) in [6.07, 6.45) is 6.63. The first-order chi connectivity index (χ1) is 10.3. The second-order valence-corrected chi connectivity index (χ2v) is 7.18. The zero-order chi connectivity index (χ0) is 16.2. The molecule has 5 heteroatoms. The molecule has 0 bridgehead atoms. The van der Waals surface area contributed by atoms with Crippen LogP contribution in [0.2, 0.25) is 0 Å². The highest BCUT2D eigenvalue weighted by Crippen LogP contribution is 2.31. The van der Waals surface area contributed by atoms with Crippen LogP contribution in [0.3, 0.4) is 0 Å². The highest BCUT2D eigenvalue weighted by atomic mass is 16.6. The van der Waals surface area contributed by atoms with Crippen molar-refractivity contribution in [2.45, 2.75) is 70.1 Å². The molecule has 0 spiro atoms. The molecule has 0 unspecified atom stereocenters. The fourth-order valence-electron chi connectivity index (χ4n) is 2.83. The van der Waals surface area contributed by atoms with Gasteiger partial charge in [0.05, 0.1) is 5.60 Å². The zero-order valence-corrected chi connectivity index (χ0v) is 13.6. The van der Waals surface area contributed by atoms with E-state index in [1.54, 1.807) is 12.4 Å². The van der Waals surface area contributed by atoms with Crippen molar-refractivity contribution in [1.29, 1.82) is 0 Å². The van der Waals surface area contributed by atoms with E-state index < -0.39 is 11.2 Å². The Labute approximate surface area is 132 Å². The van der Waals surface area contributed by atoms with Crippen LogP contribution in [0.1, 0.15) is 52.0 Å². The molecule has 122 valence electrons. The molecule has 1 aliphatic rings. The molecule has 22 heavy (non-hydrogen) atoms. The molecule has 5 nitrogen and oxygen atoms in total. The lowest BCUT2D eigenvalue weighted by molar-refractivity contribution is -0.00587. The lowest BCUT2D eigenvalue weighted by Gasteiger charge is -2.36. The van der Waals surface area contributed by atoms with Crippen molar-refractivity contribution >= 4 is 6.09 Å². The predicted molar refractivity (Wildman–Crippen MR) is 84.5 cm³/mol. The number of ether oxygens (including phenoxy) is 1. The SMILES string of the molecule is CC(C)(C)OC(=O)NC1CCC(O)(Cc2ccncc2)CC1. The van der Waals surface area contributed by atoms with Gasteiger partial charge in [0.2, 0.25) is 0 Å². The van der Waals surface area contributed by atoms with Gasteiger partial charge in [0, 0.05) is 24.9 Å². The van der Waals surface area contributed by atoms with Crippen molar-refractivity contribution in [3.63, 3.8) is 0 Å². The fourth-order valence-corrected chi connectivity index (χ4v) is 2.83. The zero-order valence-electron chi connectivity index (χ0n) is 13.6. The highest BCUT2D eigenvalue weighted by molar-refractivity contribution is 5.68. The molecule has 0 saturated heterocycles. The maximum atomic E-state index is 11.8. The van der Waals surface area contributed by atoms with Gasteiger partial charge in [0.15, 0.2) is 0 Å². The third-order valence-corrected chi connectivity index (χ3v) is 3.92. The molecule has 1 aliphatic carbocycles. The molecule has 0 aromatic carbocycles. The van der Waals surface area contributed by atoms with Crippen LogP contribution in [-0.2, 0) is 11.2 Å². The number of nitrogens with one attached hydrogen (secondary N) is 1. The number of rotatable bonds is 3. The standard InChI is InChI=1S/C17H26N2O3/c1-16(2,3)22-15(20)19-14-4-8-17(21,9-5-14)12-13-6-10-18-11-7-13/h6-7,10-11,14,21H,4-5,8-9,12H2,1-3H3,(H,19,20). The van der Waals surface area contributed by atoms with Crippen molar-refractivity contribution < 1.29 is 14.6 Å². The molecule has 1 heterocycles. The molecule has 1 amide bonds. The summed E-state index contributed by atoms with van der Waals surface area (Å²) < 4.78 is 5.27. The Hall–Kier alpha value is -1.62. The van der Waals surface area contributed by atoms with E-state index in [4.69, 9.17) is 4.74 Å². The number of hydrogen-bond donors (Lipinski definition) is 2. The summed E-state index contributed by atoms with van der Waals surface area (Å²) >= 11 is 0. The molecule has 1 saturated carbocycles. The second-order valence-electron chi connectivity index (χ2n) is 7.18. The lowest BCUT2D eigenvalue weighted by atomic mass is 9.78. The first-order valence-electron chi connectivity index (χ1n) is 7.87. The Bertz CT molecular complexity index is 488. The van der Waals surface area contributed by atoms with Gasteiger partial charge < -0.3 is 15.2 Å². The smallest absolute Gasteiger partial charge is 0.407 e. The summed E-state index contributed by atoms with van der Waals surface area (Å²) in [6.45, 7) is 5.54. The van der Waals surface area contributed by atoms with E-state index in [-0.39, 0.29) is 12.1 Å². The maximum Gasteiger partial charge on any atom is 0.407 e. The van der Waals surface area contributed by atoms with Crippen LogP contribution >= 0.6 is 0 Å². The van der Waals surface area contributed by atoms with Gasteiger partial charge in [0.25, 0.3) is 0 Å². The van der Waals surface area contributed by atoms with E-state index >= 15 is 0 Å². The molecule has 0 atom stereocenters. The molecule has 0 aliphatic heterocycles. The van der Waals surface area contributed by atoms with E-state index in [1.165, 1.54) is 0 Å². The minimum Gasteiger partial charge on any atom is -0.444 e. The van der Waals surface area contributed by atoms with Gasteiger partial charge in [-0.15, -0.1) is 0 Å². The number of alkyl carbamates (subject to hydrolysis) is 1. The van der Waals surface area contributed by atoms with Crippen LogP contribution in [0, 0.1) is 0 Å². The van der Waals surface area contributed by atoms with Crippen LogP contribution in [0.5, 0.6) is 0 Å². The van der Waals surface area contributed by atoms with E-state index in [1.807, 2.05) is 32.9 Å². The molecule has 1 aromatic rings. The van der Waals surface area contributed by atoms with Gasteiger partial charge >= 0.3 is 6.09 Å². The van der Waals surface area contributed by atoms with E-state index in [2.05, 4.69) is 10.3 Å². The first kappa shape index (κ1) is 16.7. The predicted octanol–water partition coefficient (Wildman–Crippen LogP) is 2.82. The molecule has 0 radical (unpaired) electrons. The number of nitrogens with zero attached hydrogens (tertiary/aromatic N) is 1. The first-order valence-corrected chi connectivity index (χ1v) is 7.87. The maximum absolute atomic E-state index is 11.8. The van der Waals surface area contributed by atoms with Gasteiger partial charge in [-0.05, 0) is 64.2 Å². The van der Waals surface area contributed by atoms with Gasteiger partial charge in [-0.3, -0.25) is 4.98 Å². The highest BCUT2D eigenvalue weighted by Gasteiger charge is 2.34. The molecular formula is C17H26N2O3. The molecular weight excluding hydrogens is 280 g/mol. The third-order valence-electron chi connectivity index (χ3n) is 3.92. The number of pyridine rings is 1. The van der Waals surface area contributed by atoms with Crippen molar-refractivity contribution in [1.82, 2.24) is 10.3 Å². The Morgan fingerprint density at radius 1 is 1.36 bits per heavy atom. The average Bonchev–Trinajstić information content (AvgIpc) is 2.40. The molecule has 1 aromatic heterocycles. The normalized spacial score (nSPS) is 25.5. The average molecular weight is 306 g/mol. The van der Waals surface area contributed by atoms with Gasteiger partial charge in [-0.25, -0.2) is 4.79 Å². The van der Waals surface area contributed by atoms with Gasteiger partial charge in [-0.2, -0.15) is 0 Å². The number of carbonyl (C=O) groups excluding carboxylic acids is 1. The fraction of sp³-hybridized carbons (Fsp3) is 0.647. The summed E-state index contributed by atoms with van der Waals surface area (Å²) in [6, 6.07) is 3.94. The van der Waals surface area contributed by atoms with Crippen molar-refractivity contribution in [2.75, 3.05) is 0 Å². The van der Waals surface area contributed by atoms with Crippen LogP contribution in [0.25, 0.3) is 0 Å². The quantitative estimate of drug-likeness (QED) is 0.901. The summed E-state index contributed by atoms with van der Waals surface area (Å²) in [7, 11) is 0. The lowest BCUT2D eigenvalue weighted by Crippen LogP contribution is -2.45. The number of aliphatic hydroxyl groups is 1. The monoisotopic (exact) mass is 306 g/mol. The largest absolute Gasteiger partial charge is 0.444 e. The van der Waals surface area contributed by atoms with E-state index in [0.29, 0.717) is 19.3 Å². The molecule has 2 rings (SSSR count). The van der Waals surface area contributed by atoms with Crippen molar-refractivity contribution in [3.05, 3.63) is 30.1 Å². The Kier molecular flexibility index (Phi) is 5.06. The van der Waals surface area contributed by atoms with Crippen LogP contribution < -0.4 is 5.32 Å². The third kappa shape index (κ3) is 5.30. The Morgan fingerprint density at radius 2 is 1.95 bits per heavy atom. The minimum absolute atomic E-state index is 0.0764. The number of aromatic nitrogens is 1. The van der Waals surface area contributed by atoms with Crippen molar-refractivity contribution in [2.24, 2.45) is 0 Å². The van der Waals surface area contributed by atoms with Crippen LogP contribution in [-0.4, -0.2) is 33.4 Å². The van der Waals surface area contributed by atoms with Crippen LogP contribution in [0.15, 0.2) is 24.5 Å². The van der Waals surface area contributed by atoms with E-state index in [0.717, 1.165) is 18.4 Å². The number of amides is 1. The van der Waals surface area contributed by atoms with Crippen molar-refractivity contribution in [3.8, 4) is 0 Å². The number of hydrogen-bond acceptors (Lipinski definition) is 4. The summed E-state index contributed by atoms with van der Waals surface area (Å²) in [4.78, 5) is 15.8. The number of carbonyl (C=O) groups is 1. The second kappa shape index (κ2) is 6.65. The van der Waals surface area contributed by atoms with Gasteiger partial charge in [-0.1, -0.05) is 0 Å². The van der Waals surface area contributed by atoms with Crippen LogP contribution in [0.4, 0.5) is 4.79 Å². The Morgan fingerprint density at radius 3 is 2.50 bits per heavy atom. The van der Waals surface area contributed by atoms with Gasteiger partial charge in [0.1, 0.15) is 5.60 Å². The minimum atomic E-state index is -0.687. The summed E-state index contributed by atoms with van der Waals surface area (Å²) in [5, 5.41) is 13.6. The molecule has 2 N–H and O–H groups in total. The topological polar surface area (TPSA) is 71.5 Å². The molecule has 1 fully saturated rings. The Balaban J connectivity index is 1.81. The summed E-state index contributed by atoms with van der Waals surface area (Å²) in [5.41, 5.74) is -0.0788.